The Labute approximate surface area is 362 Å². The van der Waals surface area contributed by atoms with Gasteiger partial charge in [-0.25, -0.2) is 0 Å². The first-order chi connectivity index (χ1) is 29.4. The molecule has 4 aliphatic rings. The molecule has 8 aromatic rings. The Hall–Kier alpha value is -6.24. The zero-order valence-electron chi connectivity index (χ0n) is 36.7. The molecule has 1 spiro atoms. The first-order valence-electron chi connectivity index (χ1n) is 22.4. The molecule has 0 heterocycles. The minimum absolute atomic E-state index is 0.0836. The molecule has 8 aromatic carbocycles. The van der Waals surface area contributed by atoms with Crippen LogP contribution in [0.1, 0.15) is 117 Å². The Balaban J connectivity index is 1.12. The molecule has 0 heteroatoms. The molecule has 0 atom stereocenters. The number of rotatable bonds is 4. The van der Waals surface area contributed by atoms with Gasteiger partial charge in [-0.2, -0.15) is 0 Å². The van der Waals surface area contributed by atoms with Crippen LogP contribution in [0.5, 0.6) is 0 Å². The fraction of sp³-hybridized carbons (Fsp3) is 0.213. The third-order valence-corrected chi connectivity index (χ3v) is 16.0. The van der Waals surface area contributed by atoms with Gasteiger partial charge in [-0.15, -0.1) is 0 Å². The SMILES string of the molecule is Cc1cc2c(cc1C)C1(c3ccccc3-c3ccccc31)c1c(C)c(C)cc(CC(c3ccc4c(c3)C(C)(C)c3ccccc3-4)c3ccc4c(c3)C(C)(C)c3ccccc3-4)c1-2. The molecule has 0 bridgehead atoms. The summed E-state index contributed by atoms with van der Waals surface area (Å²) < 4.78 is 0. The molecule has 296 valence electrons. The molecule has 0 aliphatic heterocycles. The summed E-state index contributed by atoms with van der Waals surface area (Å²) in [7, 11) is 0. The van der Waals surface area contributed by atoms with Gasteiger partial charge >= 0.3 is 0 Å². The highest BCUT2D eigenvalue weighted by Crippen LogP contribution is 2.65. The maximum atomic E-state index is 2.58. The third-order valence-electron chi connectivity index (χ3n) is 16.0. The minimum Gasteiger partial charge on any atom is -0.0619 e. The number of aryl methyl sites for hydroxylation is 3. The molecule has 0 nitrogen and oxygen atoms in total. The lowest BCUT2D eigenvalue weighted by molar-refractivity contribution is 0.654. The molecule has 0 fully saturated rings. The molecule has 0 N–H and O–H groups in total. The first-order valence-corrected chi connectivity index (χ1v) is 22.4. The Morgan fingerprint density at radius 1 is 0.377 bits per heavy atom. The van der Waals surface area contributed by atoms with Crippen molar-refractivity contribution in [3.05, 3.63) is 235 Å². The van der Waals surface area contributed by atoms with Crippen LogP contribution in [0.4, 0.5) is 0 Å². The molecule has 0 unspecified atom stereocenters. The van der Waals surface area contributed by atoms with Gasteiger partial charge < -0.3 is 0 Å². The molecular weight excluding hydrogens is 733 g/mol. The lowest BCUT2D eigenvalue weighted by Gasteiger charge is -2.33. The van der Waals surface area contributed by atoms with E-state index in [1.54, 1.807) is 0 Å². The number of fused-ring (bicyclic) bond motifs is 16. The highest BCUT2D eigenvalue weighted by molar-refractivity contribution is 5.97. The second-order valence-electron chi connectivity index (χ2n) is 19.8. The summed E-state index contributed by atoms with van der Waals surface area (Å²) in [6.45, 7) is 19.0. The predicted octanol–water partition coefficient (Wildman–Crippen LogP) is 15.3. The molecular formula is C61H52. The van der Waals surface area contributed by atoms with Gasteiger partial charge in [0.2, 0.25) is 0 Å². The van der Waals surface area contributed by atoms with E-state index in [1.807, 2.05) is 0 Å². The van der Waals surface area contributed by atoms with Crippen molar-refractivity contribution in [3.63, 3.8) is 0 Å². The van der Waals surface area contributed by atoms with Crippen molar-refractivity contribution in [2.75, 3.05) is 0 Å². The highest BCUT2D eigenvalue weighted by Gasteiger charge is 2.53. The van der Waals surface area contributed by atoms with Gasteiger partial charge in [-0.1, -0.05) is 179 Å². The average molecular weight is 785 g/mol. The van der Waals surface area contributed by atoms with Gasteiger partial charge in [-0.3, -0.25) is 0 Å². The summed E-state index contributed by atoms with van der Waals surface area (Å²) in [5.41, 5.74) is 31.7. The predicted molar refractivity (Wildman–Crippen MR) is 255 cm³/mol. The van der Waals surface area contributed by atoms with Crippen molar-refractivity contribution in [3.8, 4) is 44.5 Å². The summed E-state index contributed by atoms with van der Waals surface area (Å²) in [6, 6.07) is 59.2. The second-order valence-corrected chi connectivity index (χ2v) is 19.8. The Morgan fingerprint density at radius 2 is 0.803 bits per heavy atom. The number of benzene rings is 8. The first kappa shape index (κ1) is 36.6. The molecule has 0 saturated carbocycles. The van der Waals surface area contributed by atoms with Crippen molar-refractivity contribution in [1.29, 1.82) is 0 Å². The van der Waals surface area contributed by atoms with Crippen molar-refractivity contribution in [1.82, 2.24) is 0 Å². The van der Waals surface area contributed by atoms with Crippen molar-refractivity contribution in [2.24, 2.45) is 0 Å². The van der Waals surface area contributed by atoms with Crippen LogP contribution in [-0.4, -0.2) is 0 Å². The van der Waals surface area contributed by atoms with E-state index in [0.717, 1.165) is 6.42 Å². The van der Waals surface area contributed by atoms with Gasteiger partial charge in [0, 0.05) is 16.7 Å². The van der Waals surface area contributed by atoms with E-state index in [9.17, 15) is 0 Å². The van der Waals surface area contributed by atoms with Gasteiger partial charge in [0.25, 0.3) is 0 Å². The normalized spacial score (nSPS) is 15.8. The van der Waals surface area contributed by atoms with Crippen molar-refractivity contribution in [2.45, 2.75) is 84.0 Å². The third kappa shape index (κ3) is 4.66. The van der Waals surface area contributed by atoms with Crippen molar-refractivity contribution < 1.29 is 0 Å². The fourth-order valence-corrected chi connectivity index (χ4v) is 12.7. The summed E-state index contributed by atoms with van der Waals surface area (Å²) in [6.07, 6.45) is 0.896. The summed E-state index contributed by atoms with van der Waals surface area (Å²) in [5, 5.41) is 0. The van der Waals surface area contributed by atoms with Crippen LogP contribution in [0.3, 0.4) is 0 Å². The molecule has 0 aromatic heterocycles. The molecule has 0 radical (unpaired) electrons. The maximum absolute atomic E-state index is 2.58. The number of hydrogen-bond donors (Lipinski definition) is 0. The van der Waals surface area contributed by atoms with E-state index in [2.05, 4.69) is 207 Å². The van der Waals surface area contributed by atoms with E-state index in [1.165, 1.54) is 128 Å². The number of hydrogen-bond acceptors (Lipinski definition) is 0. The molecule has 12 rings (SSSR count). The summed E-state index contributed by atoms with van der Waals surface area (Å²) >= 11 is 0. The summed E-state index contributed by atoms with van der Waals surface area (Å²) in [4.78, 5) is 0. The molecule has 61 heavy (non-hydrogen) atoms. The molecule has 0 amide bonds. The van der Waals surface area contributed by atoms with E-state index < -0.39 is 0 Å². The van der Waals surface area contributed by atoms with Gasteiger partial charge in [0.15, 0.2) is 0 Å². The average Bonchev–Trinajstić information content (AvgIpc) is 3.89. The van der Waals surface area contributed by atoms with Gasteiger partial charge in [-0.05, 0) is 162 Å². The van der Waals surface area contributed by atoms with Crippen LogP contribution >= 0.6 is 0 Å². The van der Waals surface area contributed by atoms with Crippen LogP contribution in [0.25, 0.3) is 44.5 Å². The topological polar surface area (TPSA) is 0 Å². The van der Waals surface area contributed by atoms with Gasteiger partial charge in [0.1, 0.15) is 0 Å². The maximum Gasteiger partial charge on any atom is 0.0728 e. The van der Waals surface area contributed by atoms with Crippen LogP contribution in [0, 0.1) is 27.7 Å². The minimum atomic E-state index is -0.386. The monoisotopic (exact) mass is 784 g/mol. The Kier molecular flexibility index (Phi) is 7.45. The summed E-state index contributed by atoms with van der Waals surface area (Å²) in [5.74, 6) is 0.135. The molecule has 0 saturated heterocycles. The smallest absolute Gasteiger partial charge is 0.0619 e. The lowest BCUT2D eigenvalue weighted by atomic mass is 9.68. The molecule has 4 aliphatic carbocycles. The fourth-order valence-electron chi connectivity index (χ4n) is 12.7. The second kappa shape index (κ2) is 12.4. The van der Waals surface area contributed by atoms with E-state index in [-0.39, 0.29) is 22.2 Å². The zero-order valence-corrected chi connectivity index (χ0v) is 36.7. The van der Waals surface area contributed by atoms with Crippen LogP contribution in [0.2, 0.25) is 0 Å². The van der Waals surface area contributed by atoms with E-state index >= 15 is 0 Å². The lowest BCUT2D eigenvalue weighted by Crippen LogP contribution is -2.27. The van der Waals surface area contributed by atoms with Crippen LogP contribution < -0.4 is 0 Å². The van der Waals surface area contributed by atoms with E-state index in [0.29, 0.717) is 0 Å². The van der Waals surface area contributed by atoms with Gasteiger partial charge in [0.05, 0.1) is 5.41 Å². The van der Waals surface area contributed by atoms with Crippen molar-refractivity contribution >= 4 is 0 Å². The Morgan fingerprint density at radius 3 is 1.31 bits per heavy atom. The standard InChI is InChI=1S/C61H52/c1-35-30-49-56(31-36(35)2)61(52-23-15-11-19-44(52)45-20-12-16-24-53(45)61)58-38(4)37(3)29-41(57(49)58)32-48(39-25-27-46-42-17-9-13-21-50(42)59(5,6)54(46)33-39)40-26-28-47-43-18-10-14-22-51(43)60(7,8)55(47)34-40/h9-31,33-34,48H,32H2,1-8H3. The van der Waals surface area contributed by atoms with E-state index in [4.69, 9.17) is 0 Å². The zero-order chi connectivity index (χ0) is 41.7. The largest absolute Gasteiger partial charge is 0.0728 e. The highest BCUT2D eigenvalue weighted by atomic mass is 14.5. The van der Waals surface area contributed by atoms with Crippen LogP contribution in [-0.2, 0) is 22.7 Å². The quantitative estimate of drug-likeness (QED) is 0.167. The van der Waals surface area contributed by atoms with Crippen LogP contribution in [0.15, 0.2) is 152 Å². The Bertz CT molecular complexity index is 3060.